The van der Waals surface area contributed by atoms with Gasteiger partial charge in [0.25, 0.3) is 0 Å². The number of carbonyl (C=O) groups is 5. The van der Waals surface area contributed by atoms with E-state index in [9.17, 15) is 24.0 Å². The highest BCUT2D eigenvalue weighted by molar-refractivity contribution is 7.80. The van der Waals surface area contributed by atoms with Gasteiger partial charge in [0.05, 0.1) is 12.5 Å². The third-order valence-corrected chi connectivity index (χ3v) is 4.32. The molecule has 0 aromatic rings. The molecule has 0 aliphatic rings. The summed E-state index contributed by atoms with van der Waals surface area (Å²) in [6.07, 6.45) is -0.611. The van der Waals surface area contributed by atoms with Crippen LogP contribution in [0.3, 0.4) is 0 Å². The lowest BCUT2D eigenvalue weighted by Gasteiger charge is -2.26. The number of carbonyl (C=O) groups excluding carboxylic acids is 3. The summed E-state index contributed by atoms with van der Waals surface area (Å²) in [6.45, 7) is 3.26. The highest BCUT2D eigenvalue weighted by atomic mass is 32.1. The van der Waals surface area contributed by atoms with Crippen molar-refractivity contribution in [3.05, 3.63) is 0 Å². The van der Waals surface area contributed by atoms with Crippen molar-refractivity contribution in [1.29, 1.82) is 0 Å². The molecule has 0 heterocycles. The van der Waals surface area contributed by atoms with E-state index in [1.165, 1.54) is 0 Å². The largest absolute Gasteiger partial charge is 0.481 e. The van der Waals surface area contributed by atoms with Crippen LogP contribution in [-0.2, 0) is 24.0 Å². The fourth-order valence-electron chi connectivity index (χ4n) is 1.99. The second-order valence-electron chi connectivity index (χ2n) is 6.26. The van der Waals surface area contributed by atoms with E-state index in [1.54, 1.807) is 13.8 Å². The van der Waals surface area contributed by atoms with Crippen molar-refractivity contribution in [2.24, 2.45) is 11.7 Å². The Bertz CT molecular complexity index is 603. The van der Waals surface area contributed by atoms with Crippen LogP contribution in [0, 0.1) is 5.92 Å². The van der Waals surface area contributed by atoms with Gasteiger partial charge < -0.3 is 31.9 Å². The van der Waals surface area contributed by atoms with Crippen LogP contribution >= 0.6 is 25.3 Å². The number of nitrogens with one attached hydrogen (secondary N) is 3. The second-order valence-corrected chi connectivity index (χ2v) is 6.99. The summed E-state index contributed by atoms with van der Waals surface area (Å²) in [5.41, 5.74) is 5.48. The van der Waals surface area contributed by atoms with Crippen molar-refractivity contribution < 1.29 is 34.2 Å². The Morgan fingerprint density at radius 2 is 1.36 bits per heavy atom. The number of thiol groups is 2. The molecule has 3 amide bonds. The molecule has 11 nitrogen and oxygen atoms in total. The molecule has 160 valence electrons. The predicted octanol–water partition coefficient (Wildman–Crippen LogP) is -2.16. The standard InChI is InChI=1S/C15H26N4O7S2/c1-6(2)11(19-12(22)7(16)3-10(20)21)14(24)17-8(4-27)13(23)18-9(5-28)15(25)26/h6-9,11,27-28H,3-5,16H2,1-2H3,(H,17,24)(H,18,23)(H,19,22)(H,20,21)(H,25,26). The number of carboxylic acids is 2. The Kier molecular flexibility index (Phi) is 11.6. The van der Waals surface area contributed by atoms with Crippen LogP contribution in [-0.4, -0.2) is 75.5 Å². The molecule has 0 radical (unpaired) electrons. The summed E-state index contributed by atoms with van der Waals surface area (Å²) < 4.78 is 0. The maximum Gasteiger partial charge on any atom is 0.327 e. The normalized spacial score (nSPS) is 15.1. The monoisotopic (exact) mass is 438 g/mol. The maximum atomic E-state index is 12.5. The van der Waals surface area contributed by atoms with E-state index in [-0.39, 0.29) is 11.5 Å². The Balaban J connectivity index is 5.09. The zero-order valence-corrected chi connectivity index (χ0v) is 17.2. The van der Waals surface area contributed by atoms with Gasteiger partial charge >= 0.3 is 11.9 Å². The molecule has 28 heavy (non-hydrogen) atoms. The second kappa shape index (κ2) is 12.5. The number of nitrogens with two attached hydrogens (primary N) is 1. The fraction of sp³-hybridized carbons (Fsp3) is 0.667. The predicted molar refractivity (Wildman–Crippen MR) is 106 cm³/mol. The first-order valence-corrected chi connectivity index (χ1v) is 9.54. The van der Waals surface area contributed by atoms with Gasteiger partial charge in [0.1, 0.15) is 18.1 Å². The molecular formula is C15H26N4O7S2. The summed E-state index contributed by atoms with van der Waals surface area (Å²) in [5.74, 6) is -5.57. The summed E-state index contributed by atoms with van der Waals surface area (Å²) in [6, 6.07) is -4.85. The molecule has 0 spiro atoms. The molecule has 0 saturated carbocycles. The van der Waals surface area contributed by atoms with E-state index in [2.05, 4.69) is 41.2 Å². The molecule has 0 saturated heterocycles. The van der Waals surface area contributed by atoms with E-state index >= 15 is 0 Å². The summed E-state index contributed by atoms with van der Waals surface area (Å²) in [7, 11) is 0. The van der Waals surface area contributed by atoms with Crippen LogP contribution in [0.1, 0.15) is 20.3 Å². The molecule has 0 aliphatic heterocycles. The molecular weight excluding hydrogens is 412 g/mol. The molecule has 0 fully saturated rings. The fourth-order valence-corrected chi connectivity index (χ4v) is 2.49. The summed E-state index contributed by atoms with van der Waals surface area (Å²) in [5, 5.41) is 24.6. The van der Waals surface area contributed by atoms with Gasteiger partial charge in [0.15, 0.2) is 0 Å². The lowest BCUT2D eigenvalue weighted by atomic mass is 10.0. The number of hydrogen-bond acceptors (Lipinski definition) is 8. The van der Waals surface area contributed by atoms with Crippen LogP contribution in [0.15, 0.2) is 0 Å². The SMILES string of the molecule is CC(C)C(NC(=O)C(N)CC(=O)O)C(=O)NC(CS)C(=O)NC(CS)C(=O)O. The Morgan fingerprint density at radius 1 is 0.857 bits per heavy atom. The van der Waals surface area contributed by atoms with Gasteiger partial charge in [-0.05, 0) is 5.92 Å². The highest BCUT2D eigenvalue weighted by Gasteiger charge is 2.31. The lowest BCUT2D eigenvalue weighted by Crippen LogP contribution is -2.59. The van der Waals surface area contributed by atoms with Crippen molar-refractivity contribution in [1.82, 2.24) is 16.0 Å². The molecule has 4 atom stereocenters. The zero-order valence-electron chi connectivity index (χ0n) is 15.4. The van der Waals surface area contributed by atoms with E-state index in [1.807, 2.05) is 0 Å². The van der Waals surface area contributed by atoms with E-state index in [0.717, 1.165) is 0 Å². The molecule has 0 bridgehead atoms. The number of amides is 3. The molecule has 0 aliphatic carbocycles. The van der Waals surface area contributed by atoms with Gasteiger partial charge in [0, 0.05) is 11.5 Å². The third kappa shape index (κ3) is 8.80. The molecule has 0 aromatic heterocycles. The summed E-state index contributed by atoms with van der Waals surface area (Å²) in [4.78, 5) is 58.3. The van der Waals surface area contributed by atoms with Crippen molar-refractivity contribution in [3.63, 3.8) is 0 Å². The third-order valence-electron chi connectivity index (χ3n) is 3.59. The average Bonchev–Trinajstić information content (AvgIpc) is 2.59. The quantitative estimate of drug-likeness (QED) is 0.158. The van der Waals surface area contributed by atoms with E-state index < -0.39 is 66.2 Å². The van der Waals surface area contributed by atoms with E-state index in [0.29, 0.717) is 0 Å². The number of rotatable bonds is 12. The Labute approximate surface area is 173 Å². The molecule has 4 unspecified atom stereocenters. The van der Waals surface area contributed by atoms with Gasteiger partial charge in [0.2, 0.25) is 17.7 Å². The molecule has 7 N–H and O–H groups in total. The van der Waals surface area contributed by atoms with Crippen molar-refractivity contribution in [2.45, 2.75) is 44.4 Å². The minimum Gasteiger partial charge on any atom is -0.481 e. The Morgan fingerprint density at radius 3 is 1.75 bits per heavy atom. The van der Waals surface area contributed by atoms with Gasteiger partial charge in [-0.1, -0.05) is 13.8 Å². The highest BCUT2D eigenvalue weighted by Crippen LogP contribution is 2.05. The minimum absolute atomic E-state index is 0.131. The first-order valence-electron chi connectivity index (χ1n) is 8.27. The van der Waals surface area contributed by atoms with Crippen LogP contribution in [0.4, 0.5) is 0 Å². The minimum atomic E-state index is -1.35. The van der Waals surface area contributed by atoms with Gasteiger partial charge in [-0.15, -0.1) is 0 Å². The van der Waals surface area contributed by atoms with Crippen LogP contribution in [0.2, 0.25) is 0 Å². The Hall–Kier alpha value is -1.99. The first kappa shape index (κ1) is 26.0. The van der Waals surface area contributed by atoms with Crippen LogP contribution in [0.25, 0.3) is 0 Å². The number of carboxylic acid groups (broad SMARTS) is 2. The summed E-state index contributed by atoms with van der Waals surface area (Å²) >= 11 is 7.81. The average molecular weight is 439 g/mol. The van der Waals surface area contributed by atoms with Gasteiger partial charge in [-0.2, -0.15) is 25.3 Å². The van der Waals surface area contributed by atoms with Crippen molar-refractivity contribution in [2.75, 3.05) is 11.5 Å². The molecule has 0 rings (SSSR count). The first-order chi connectivity index (χ1) is 12.9. The molecule has 0 aromatic carbocycles. The number of aliphatic carboxylic acids is 2. The molecule has 13 heteroatoms. The van der Waals surface area contributed by atoms with Crippen LogP contribution in [0.5, 0.6) is 0 Å². The maximum absolute atomic E-state index is 12.5. The van der Waals surface area contributed by atoms with Gasteiger partial charge in [-0.25, -0.2) is 4.79 Å². The topological polar surface area (TPSA) is 188 Å². The van der Waals surface area contributed by atoms with Crippen molar-refractivity contribution in [3.8, 4) is 0 Å². The smallest absolute Gasteiger partial charge is 0.327 e. The zero-order chi connectivity index (χ0) is 22.0. The van der Waals surface area contributed by atoms with Gasteiger partial charge in [-0.3, -0.25) is 19.2 Å². The lowest BCUT2D eigenvalue weighted by molar-refractivity contribution is -0.141. The van der Waals surface area contributed by atoms with E-state index in [4.69, 9.17) is 15.9 Å². The van der Waals surface area contributed by atoms with Crippen molar-refractivity contribution >= 4 is 54.9 Å². The number of hydrogen-bond donors (Lipinski definition) is 8. The van der Waals surface area contributed by atoms with Crippen LogP contribution < -0.4 is 21.7 Å².